The smallest absolute Gasteiger partial charge is 0.306 e. The average Bonchev–Trinajstić information content (AvgIpc) is 3.34. The fourth-order valence-electron chi connectivity index (χ4n) is 9.68. The third-order valence-electron chi connectivity index (χ3n) is 14.4. The zero-order valence-electron chi connectivity index (χ0n) is 46.4. The van der Waals surface area contributed by atoms with Gasteiger partial charge in [0.2, 0.25) is 0 Å². The van der Waals surface area contributed by atoms with Crippen LogP contribution in [0.25, 0.3) is 0 Å². The fraction of sp³-hybridized carbons (Fsp3) is 0.952. The maximum atomic E-state index is 12.9. The summed E-state index contributed by atoms with van der Waals surface area (Å²) in [6.07, 6.45) is 65.4. The summed E-state index contributed by atoms with van der Waals surface area (Å²) in [6.45, 7) is 6.71. The van der Waals surface area contributed by atoms with Gasteiger partial charge in [-0.15, -0.1) is 0 Å². The molecule has 0 rings (SSSR count). The Morgan fingerprint density at radius 1 is 0.235 bits per heavy atom. The van der Waals surface area contributed by atoms with E-state index in [1.54, 1.807) is 0 Å². The van der Waals surface area contributed by atoms with E-state index in [-0.39, 0.29) is 31.1 Å². The summed E-state index contributed by atoms with van der Waals surface area (Å²) in [6, 6.07) is 0. The van der Waals surface area contributed by atoms with Crippen LogP contribution >= 0.6 is 0 Å². The molecule has 0 aromatic carbocycles. The molecule has 0 aliphatic carbocycles. The van der Waals surface area contributed by atoms with Crippen LogP contribution in [0.1, 0.15) is 361 Å². The fourth-order valence-corrected chi connectivity index (χ4v) is 9.68. The van der Waals surface area contributed by atoms with Gasteiger partial charge in [-0.2, -0.15) is 0 Å². The first-order valence-corrected chi connectivity index (χ1v) is 31.0. The van der Waals surface area contributed by atoms with E-state index in [0.717, 1.165) is 57.8 Å². The minimum Gasteiger partial charge on any atom is -0.462 e. The second-order valence-corrected chi connectivity index (χ2v) is 21.3. The van der Waals surface area contributed by atoms with Crippen molar-refractivity contribution in [2.24, 2.45) is 0 Å². The van der Waals surface area contributed by atoms with Crippen LogP contribution in [0, 0.1) is 0 Å². The quantitative estimate of drug-likeness (QED) is 0.0343. The Bertz CT molecular complexity index is 1010. The predicted molar refractivity (Wildman–Crippen MR) is 294 cm³/mol. The van der Waals surface area contributed by atoms with Crippen LogP contribution in [-0.4, -0.2) is 37.2 Å². The van der Waals surface area contributed by atoms with Crippen molar-refractivity contribution in [2.45, 2.75) is 367 Å². The Morgan fingerprint density at radius 2 is 0.397 bits per heavy atom. The third kappa shape index (κ3) is 55.3. The lowest BCUT2D eigenvalue weighted by molar-refractivity contribution is -0.167. The first-order valence-electron chi connectivity index (χ1n) is 31.0. The lowest BCUT2D eigenvalue weighted by Gasteiger charge is -2.18. The SMILES string of the molecule is CCCCCCCCCCCCCCCCCCCCCCC(=O)OCC(COC(=O)CCCCCCCCCCCCC)OC(=O)CCCCCCCCCCCCCCCCCCCCC. The first kappa shape index (κ1) is 66.4. The summed E-state index contributed by atoms with van der Waals surface area (Å²) in [5.41, 5.74) is 0. The van der Waals surface area contributed by atoms with E-state index < -0.39 is 6.10 Å². The van der Waals surface area contributed by atoms with Crippen LogP contribution in [0.4, 0.5) is 0 Å². The van der Waals surface area contributed by atoms with Gasteiger partial charge in [0.25, 0.3) is 0 Å². The Morgan fingerprint density at radius 3 is 0.588 bits per heavy atom. The number of esters is 3. The number of unbranched alkanes of at least 4 members (excludes halogenated alkanes) is 47. The van der Waals surface area contributed by atoms with Crippen LogP contribution in [0.5, 0.6) is 0 Å². The molecule has 0 amide bonds. The Kier molecular flexibility index (Phi) is 56.6. The molecule has 1 unspecified atom stereocenters. The van der Waals surface area contributed by atoms with Gasteiger partial charge in [-0.1, -0.05) is 323 Å². The van der Waals surface area contributed by atoms with Crippen LogP contribution in [0.2, 0.25) is 0 Å². The van der Waals surface area contributed by atoms with Crippen molar-refractivity contribution in [1.29, 1.82) is 0 Å². The topological polar surface area (TPSA) is 78.9 Å². The number of carbonyl (C=O) groups excluding carboxylic acids is 3. The van der Waals surface area contributed by atoms with Crippen LogP contribution < -0.4 is 0 Å². The largest absolute Gasteiger partial charge is 0.462 e. The lowest BCUT2D eigenvalue weighted by Crippen LogP contribution is -2.30. The van der Waals surface area contributed by atoms with Gasteiger partial charge in [-0.3, -0.25) is 14.4 Å². The number of carbonyl (C=O) groups is 3. The zero-order valence-corrected chi connectivity index (χ0v) is 46.4. The van der Waals surface area contributed by atoms with Crippen LogP contribution in [-0.2, 0) is 28.6 Å². The monoisotopic (exact) mass is 961 g/mol. The molecule has 6 heteroatoms. The molecule has 0 bridgehead atoms. The van der Waals surface area contributed by atoms with E-state index in [4.69, 9.17) is 14.2 Å². The molecule has 0 fully saturated rings. The summed E-state index contributed by atoms with van der Waals surface area (Å²) >= 11 is 0. The molecule has 0 aliphatic heterocycles. The van der Waals surface area contributed by atoms with Crippen molar-refractivity contribution in [3.63, 3.8) is 0 Å². The van der Waals surface area contributed by atoms with E-state index >= 15 is 0 Å². The highest BCUT2D eigenvalue weighted by atomic mass is 16.6. The summed E-state index contributed by atoms with van der Waals surface area (Å²) in [7, 11) is 0. The molecule has 0 radical (unpaired) electrons. The number of rotatable bonds is 58. The second-order valence-electron chi connectivity index (χ2n) is 21.3. The van der Waals surface area contributed by atoms with Crippen molar-refractivity contribution in [2.75, 3.05) is 13.2 Å². The molecule has 68 heavy (non-hydrogen) atoms. The van der Waals surface area contributed by atoms with E-state index in [1.165, 1.54) is 263 Å². The van der Waals surface area contributed by atoms with Gasteiger partial charge in [0.1, 0.15) is 13.2 Å². The summed E-state index contributed by atoms with van der Waals surface area (Å²) < 4.78 is 16.9. The molecule has 0 aliphatic rings. The van der Waals surface area contributed by atoms with Gasteiger partial charge in [0, 0.05) is 19.3 Å². The maximum absolute atomic E-state index is 12.9. The van der Waals surface area contributed by atoms with Crippen molar-refractivity contribution in [1.82, 2.24) is 0 Å². The highest BCUT2D eigenvalue weighted by Crippen LogP contribution is 2.18. The van der Waals surface area contributed by atoms with E-state index in [0.29, 0.717) is 19.3 Å². The first-order chi connectivity index (χ1) is 33.5. The average molecular weight is 962 g/mol. The molecule has 404 valence electrons. The molecular formula is C62H120O6. The molecular weight excluding hydrogens is 841 g/mol. The van der Waals surface area contributed by atoms with E-state index in [1.807, 2.05) is 0 Å². The molecule has 6 nitrogen and oxygen atoms in total. The number of hydrogen-bond donors (Lipinski definition) is 0. The summed E-state index contributed by atoms with van der Waals surface area (Å²) in [5, 5.41) is 0. The van der Waals surface area contributed by atoms with Gasteiger partial charge in [0.15, 0.2) is 6.10 Å². The molecule has 0 aromatic rings. The Hall–Kier alpha value is -1.59. The van der Waals surface area contributed by atoms with Crippen molar-refractivity contribution in [3.05, 3.63) is 0 Å². The third-order valence-corrected chi connectivity index (χ3v) is 14.4. The highest BCUT2D eigenvalue weighted by Gasteiger charge is 2.19. The Labute approximate surface area is 425 Å². The normalized spacial score (nSPS) is 11.9. The minimum atomic E-state index is -0.761. The van der Waals surface area contributed by atoms with Crippen molar-refractivity contribution < 1.29 is 28.6 Å². The molecule has 0 spiro atoms. The van der Waals surface area contributed by atoms with Crippen molar-refractivity contribution in [3.8, 4) is 0 Å². The van der Waals surface area contributed by atoms with E-state index in [9.17, 15) is 14.4 Å². The predicted octanol–water partition coefficient (Wildman–Crippen LogP) is 20.7. The van der Waals surface area contributed by atoms with E-state index in [2.05, 4.69) is 20.8 Å². The van der Waals surface area contributed by atoms with Gasteiger partial charge in [0.05, 0.1) is 0 Å². The second kappa shape index (κ2) is 58.0. The standard InChI is InChI=1S/C62H120O6/c1-4-7-10-13-16-19-22-24-26-28-30-32-33-35-37-40-43-46-49-52-55-61(64)67-58-59(57-66-60(63)54-51-48-45-42-39-21-18-15-12-9-6-3)68-62(65)56-53-50-47-44-41-38-36-34-31-29-27-25-23-20-17-14-11-8-5-2/h59H,4-58H2,1-3H3. The molecule has 0 saturated carbocycles. The molecule has 0 saturated heterocycles. The van der Waals surface area contributed by atoms with Crippen LogP contribution in [0.15, 0.2) is 0 Å². The molecule has 0 N–H and O–H groups in total. The van der Waals surface area contributed by atoms with Gasteiger partial charge in [-0.05, 0) is 19.3 Å². The lowest BCUT2D eigenvalue weighted by atomic mass is 10.0. The van der Waals surface area contributed by atoms with Crippen molar-refractivity contribution >= 4 is 17.9 Å². The number of ether oxygens (including phenoxy) is 3. The summed E-state index contributed by atoms with van der Waals surface area (Å²) in [5.74, 6) is -0.829. The molecule has 0 aromatic heterocycles. The van der Waals surface area contributed by atoms with Crippen LogP contribution in [0.3, 0.4) is 0 Å². The Balaban J connectivity index is 4.21. The van der Waals surface area contributed by atoms with Gasteiger partial charge >= 0.3 is 17.9 Å². The maximum Gasteiger partial charge on any atom is 0.306 e. The minimum absolute atomic E-state index is 0.0608. The molecule has 0 heterocycles. The number of hydrogen-bond acceptors (Lipinski definition) is 6. The molecule has 1 atom stereocenters. The highest BCUT2D eigenvalue weighted by molar-refractivity contribution is 5.71. The zero-order chi connectivity index (χ0) is 49.3. The summed E-state index contributed by atoms with van der Waals surface area (Å²) in [4.78, 5) is 38.2. The van der Waals surface area contributed by atoms with Gasteiger partial charge in [-0.25, -0.2) is 0 Å². The van der Waals surface area contributed by atoms with Gasteiger partial charge < -0.3 is 14.2 Å².